The zero-order valence-electron chi connectivity index (χ0n) is 15.2. The predicted octanol–water partition coefficient (Wildman–Crippen LogP) is 1.74. The van der Waals surface area contributed by atoms with E-state index in [1.165, 1.54) is 0 Å². The molecule has 1 aromatic rings. The number of hydrogen-bond acceptors (Lipinski definition) is 5. The first-order valence-electron chi connectivity index (χ1n) is 9.05. The molecule has 2 amide bonds. The van der Waals surface area contributed by atoms with Gasteiger partial charge in [-0.2, -0.15) is 5.26 Å². The maximum atomic E-state index is 12.4. The normalized spacial score (nSPS) is 22.6. The minimum absolute atomic E-state index is 0.0120. The highest BCUT2D eigenvalue weighted by Crippen LogP contribution is 2.41. The Morgan fingerprint density at radius 2 is 2.04 bits per heavy atom. The van der Waals surface area contributed by atoms with E-state index in [1.54, 1.807) is 4.90 Å². The van der Waals surface area contributed by atoms with Crippen LogP contribution < -0.4 is 4.72 Å². The van der Waals surface area contributed by atoms with Gasteiger partial charge in [0.2, 0.25) is 21.8 Å². The van der Waals surface area contributed by atoms with Crippen LogP contribution in [0.1, 0.15) is 44.2 Å². The van der Waals surface area contributed by atoms with Crippen molar-refractivity contribution in [3.05, 3.63) is 35.9 Å². The molecule has 2 unspecified atom stereocenters. The molecule has 1 N–H and O–H groups in total. The van der Waals surface area contributed by atoms with E-state index in [0.29, 0.717) is 12.8 Å². The molecule has 2 fully saturated rings. The van der Waals surface area contributed by atoms with Gasteiger partial charge in [-0.25, -0.2) is 8.42 Å². The quantitative estimate of drug-likeness (QED) is 0.797. The molecule has 0 spiro atoms. The standard InChI is InChI=1S/C19H23N3O4S/c1-14(15-6-3-2-4-7-15)22-11-16(10-17(22)23)18(24)21-27(25,26)13-19(12-20)8-5-9-19/h2-4,6-7,14,16H,5,8-11,13H2,1H3,(H,21,24). The summed E-state index contributed by atoms with van der Waals surface area (Å²) >= 11 is 0. The lowest BCUT2D eigenvalue weighted by Crippen LogP contribution is -2.44. The molecule has 1 saturated carbocycles. The van der Waals surface area contributed by atoms with Gasteiger partial charge in [0.1, 0.15) is 0 Å². The van der Waals surface area contributed by atoms with Crippen LogP contribution in [0.2, 0.25) is 0 Å². The summed E-state index contributed by atoms with van der Waals surface area (Å²) in [4.78, 5) is 26.4. The van der Waals surface area contributed by atoms with E-state index >= 15 is 0 Å². The van der Waals surface area contributed by atoms with Gasteiger partial charge in [0.25, 0.3) is 0 Å². The highest BCUT2D eigenvalue weighted by molar-refractivity contribution is 7.90. The second-order valence-corrected chi connectivity index (χ2v) is 9.23. The van der Waals surface area contributed by atoms with Crippen molar-refractivity contribution in [1.82, 2.24) is 9.62 Å². The molecule has 3 rings (SSSR count). The molecule has 0 aromatic heterocycles. The number of sulfonamides is 1. The predicted molar refractivity (Wildman–Crippen MR) is 98.5 cm³/mol. The molecule has 2 aliphatic rings. The van der Waals surface area contributed by atoms with Gasteiger partial charge in [0, 0.05) is 13.0 Å². The number of likely N-dealkylation sites (tertiary alicyclic amines) is 1. The van der Waals surface area contributed by atoms with Crippen LogP contribution in [0.25, 0.3) is 0 Å². The van der Waals surface area contributed by atoms with Crippen molar-refractivity contribution in [2.24, 2.45) is 11.3 Å². The summed E-state index contributed by atoms with van der Waals surface area (Å²) in [5.41, 5.74) is 0.0753. The molecule has 7 nitrogen and oxygen atoms in total. The zero-order valence-corrected chi connectivity index (χ0v) is 16.0. The van der Waals surface area contributed by atoms with E-state index < -0.39 is 27.3 Å². The van der Waals surface area contributed by atoms with Crippen molar-refractivity contribution in [3.63, 3.8) is 0 Å². The molecule has 27 heavy (non-hydrogen) atoms. The lowest BCUT2D eigenvalue weighted by molar-refractivity contribution is -0.130. The van der Waals surface area contributed by atoms with E-state index in [1.807, 2.05) is 37.3 Å². The second-order valence-electron chi connectivity index (χ2n) is 7.50. The van der Waals surface area contributed by atoms with Crippen molar-refractivity contribution in [2.45, 2.75) is 38.6 Å². The first-order chi connectivity index (χ1) is 12.8. The summed E-state index contributed by atoms with van der Waals surface area (Å²) in [5, 5.41) is 9.21. The maximum absolute atomic E-state index is 12.4. The maximum Gasteiger partial charge on any atom is 0.238 e. The van der Waals surface area contributed by atoms with Crippen molar-refractivity contribution in [3.8, 4) is 6.07 Å². The van der Waals surface area contributed by atoms with Crippen molar-refractivity contribution in [1.29, 1.82) is 5.26 Å². The third-order valence-corrected chi connectivity index (χ3v) is 6.99. The van der Waals surface area contributed by atoms with Gasteiger partial charge in [-0.3, -0.25) is 14.3 Å². The Balaban J connectivity index is 1.63. The molecular formula is C19H23N3O4S. The minimum atomic E-state index is -3.91. The van der Waals surface area contributed by atoms with Crippen LogP contribution in [-0.2, 0) is 19.6 Å². The fraction of sp³-hybridized carbons (Fsp3) is 0.526. The smallest absolute Gasteiger partial charge is 0.238 e. The van der Waals surface area contributed by atoms with Gasteiger partial charge < -0.3 is 4.90 Å². The fourth-order valence-corrected chi connectivity index (χ4v) is 5.35. The molecule has 8 heteroatoms. The van der Waals surface area contributed by atoms with Crippen LogP contribution in [0.5, 0.6) is 0 Å². The summed E-state index contributed by atoms with van der Waals surface area (Å²) in [6, 6.07) is 11.4. The highest BCUT2D eigenvalue weighted by Gasteiger charge is 2.43. The Kier molecular flexibility index (Phi) is 5.24. The monoisotopic (exact) mass is 389 g/mol. The fourth-order valence-electron chi connectivity index (χ4n) is 3.72. The van der Waals surface area contributed by atoms with Gasteiger partial charge in [-0.05, 0) is 25.3 Å². The number of carbonyl (C=O) groups excluding carboxylic acids is 2. The molecule has 1 heterocycles. The molecule has 1 saturated heterocycles. The lowest BCUT2D eigenvalue weighted by atomic mass is 9.72. The second kappa shape index (κ2) is 7.31. The molecule has 1 aliphatic heterocycles. The van der Waals surface area contributed by atoms with Gasteiger partial charge >= 0.3 is 0 Å². The molecule has 144 valence electrons. The van der Waals surface area contributed by atoms with Crippen molar-refractivity contribution >= 4 is 21.8 Å². The summed E-state index contributed by atoms with van der Waals surface area (Å²) in [5.74, 6) is -1.92. The molecular weight excluding hydrogens is 366 g/mol. The van der Waals surface area contributed by atoms with Crippen LogP contribution in [-0.4, -0.2) is 37.4 Å². The number of amides is 2. The largest absolute Gasteiger partial charge is 0.335 e. The average molecular weight is 389 g/mol. The lowest BCUT2D eigenvalue weighted by Gasteiger charge is -2.34. The van der Waals surface area contributed by atoms with E-state index in [4.69, 9.17) is 0 Å². The minimum Gasteiger partial charge on any atom is -0.335 e. The molecule has 0 bridgehead atoms. The van der Waals surface area contributed by atoms with Crippen molar-refractivity contribution in [2.75, 3.05) is 12.3 Å². The number of nitrogens with zero attached hydrogens (tertiary/aromatic N) is 2. The van der Waals surface area contributed by atoms with E-state index in [9.17, 15) is 23.3 Å². The first kappa shape index (κ1) is 19.4. The molecule has 0 radical (unpaired) electrons. The van der Waals surface area contributed by atoms with Crippen LogP contribution in [0.3, 0.4) is 0 Å². The Morgan fingerprint density at radius 3 is 2.59 bits per heavy atom. The van der Waals surface area contributed by atoms with E-state index in [2.05, 4.69) is 10.8 Å². The number of nitrogens with one attached hydrogen (secondary N) is 1. The van der Waals surface area contributed by atoms with Crippen LogP contribution in [0, 0.1) is 22.7 Å². The van der Waals surface area contributed by atoms with Crippen LogP contribution in [0.4, 0.5) is 0 Å². The summed E-state index contributed by atoms with van der Waals surface area (Å²) in [7, 11) is -3.91. The Bertz CT molecular complexity index is 872. The molecule has 1 aromatic carbocycles. The molecule has 2 atom stereocenters. The first-order valence-corrected chi connectivity index (χ1v) is 10.7. The number of nitriles is 1. The molecule has 1 aliphatic carbocycles. The van der Waals surface area contributed by atoms with Gasteiger partial charge in [-0.15, -0.1) is 0 Å². The number of carbonyl (C=O) groups is 2. The Hall–Kier alpha value is -2.40. The van der Waals surface area contributed by atoms with Crippen LogP contribution >= 0.6 is 0 Å². The van der Waals surface area contributed by atoms with Crippen molar-refractivity contribution < 1.29 is 18.0 Å². The average Bonchev–Trinajstić information content (AvgIpc) is 3.00. The Morgan fingerprint density at radius 1 is 1.37 bits per heavy atom. The van der Waals surface area contributed by atoms with Crippen LogP contribution in [0.15, 0.2) is 30.3 Å². The van der Waals surface area contributed by atoms with E-state index in [-0.39, 0.29) is 30.7 Å². The zero-order chi connectivity index (χ0) is 19.7. The number of rotatable bonds is 6. The van der Waals surface area contributed by atoms with Gasteiger partial charge in [-0.1, -0.05) is 36.8 Å². The summed E-state index contributed by atoms with van der Waals surface area (Å²) in [6.45, 7) is 2.07. The third-order valence-electron chi connectivity index (χ3n) is 5.55. The van der Waals surface area contributed by atoms with Gasteiger partial charge in [0.15, 0.2) is 0 Å². The highest BCUT2D eigenvalue weighted by atomic mass is 32.2. The van der Waals surface area contributed by atoms with Gasteiger partial charge in [0.05, 0.1) is 29.2 Å². The Labute approximate surface area is 159 Å². The SMILES string of the molecule is CC(c1ccccc1)N1CC(C(=O)NS(=O)(=O)CC2(C#N)CCC2)CC1=O. The topological polar surface area (TPSA) is 107 Å². The summed E-state index contributed by atoms with van der Waals surface area (Å²) < 4.78 is 26.7. The number of benzene rings is 1. The summed E-state index contributed by atoms with van der Waals surface area (Å²) in [6.07, 6.45) is 1.87. The van der Waals surface area contributed by atoms with E-state index in [0.717, 1.165) is 12.0 Å². The third kappa shape index (κ3) is 4.14. The number of hydrogen-bond donors (Lipinski definition) is 1.